The molecule has 0 aliphatic carbocycles. The van der Waals surface area contributed by atoms with Gasteiger partial charge in [0.2, 0.25) is 11.8 Å². The summed E-state index contributed by atoms with van der Waals surface area (Å²) in [7, 11) is 0. The van der Waals surface area contributed by atoms with Crippen LogP contribution in [0.1, 0.15) is 30.9 Å². The minimum Gasteiger partial charge on any atom is -0.376 e. The molecule has 2 amide bonds. The van der Waals surface area contributed by atoms with Crippen molar-refractivity contribution >= 4 is 23.4 Å². The number of carbonyl (C=O) groups is 2. The molecule has 1 aliphatic heterocycles. The molecule has 1 saturated heterocycles. The van der Waals surface area contributed by atoms with E-state index in [-0.39, 0.29) is 24.3 Å². The van der Waals surface area contributed by atoms with Crippen LogP contribution in [-0.4, -0.2) is 42.0 Å². The third-order valence-corrected chi connectivity index (χ3v) is 5.41. The topological polar surface area (TPSA) is 58.6 Å². The van der Waals surface area contributed by atoms with Gasteiger partial charge in [-0.05, 0) is 43.0 Å². The summed E-state index contributed by atoms with van der Waals surface area (Å²) in [5.74, 6) is -0.262. The quantitative estimate of drug-likeness (QED) is 0.718. The fourth-order valence-electron chi connectivity index (χ4n) is 3.41. The summed E-state index contributed by atoms with van der Waals surface area (Å²) in [6.45, 7) is 3.33. The Hall–Kier alpha value is -2.37. The number of benzene rings is 2. The maximum atomic E-state index is 13.1. The molecule has 2 aromatic carbocycles. The van der Waals surface area contributed by atoms with Gasteiger partial charge in [-0.15, -0.1) is 0 Å². The van der Waals surface area contributed by atoms with Crippen LogP contribution in [0, 0.1) is 0 Å². The van der Waals surface area contributed by atoms with Gasteiger partial charge in [0.25, 0.3) is 0 Å². The fourth-order valence-corrected chi connectivity index (χ4v) is 3.53. The lowest BCUT2D eigenvalue weighted by Gasteiger charge is -2.29. The molecule has 0 radical (unpaired) electrons. The number of carbonyl (C=O) groups excluding carboxylic acids is 2. The molecule has 1 heterocycles. The SMILES string of the molecule is CC(C(=O)NCC1CCCO1)N(Cc1ccc(Cl)cc1)C(=O)Cc1ccccc1. The highest BCUT2D eigenvalue weighted by Crippen LogP contribution is 2.16. The monoisotopic (exact) mass is 414 g/mol. The zero-order valence-corrected chi connectivity index (χ0v) is 17.4. The molecular weight excluding hydrogens is 388 g/mol. The number of nitrogens with zero attached hydrogens (tertiary/aromatic N) is 1. The van der Waals surface area contributed by atoms with Gasteiger partial charge in [-0.2, -0.15) is 0 Å². The molecule has 0 saturated carbocycles. The highest BCUT2D eigenvalue weighted by Gasteiger charge is 2.27. The van der Waals surface area contributed by atoms with E-state index >= 15 is 0 Å². The zero-order chi connectivity index (χ0) is 20.6. The molecule has 1 fully saturated rings. The lowest BCUT2D eigenvalue weighted by atomic mass is 10.1. The molecule has 5 nitrogen and oxygen atoms in total. The van der Waals surface area contributed by atoms with E-state index in [0.29, 0.717) is 18.1 Å². The molecule has 1 aliphatic rings. The van der Waals surface area contributed by atoms with Gasteiger partial charge in [-0.25, -0.2) is 0 Å². The summed E-state index contributed by atoms with van der Waals surface area (Å²) in [6, 6.07) is 16.3. The van der Waals surface area contributed by atoms with Crippen molar-refractivity contribution in [2.75, 3.05) is 13.2 Å². The summed E-state index contributed by atoms with van der Waals surface area (Å²) >= 11 is 5.98. The van der Waals surface area contributed by atoms with Crippen LogP contribution in [0.2, 0.25) is 5.02 Å². The van der Waals surface area contributed by atoms with Crippen LogP contribution in [0.5, 0.6) is 0 Å². The van der Waals surface area contributed by atoms with Gasteiger partial charge in [-0.1, -0.05) is 54.1 Å². The van der Waals surface area contributed by atoms with Crippen molar-refractivity contribution in [1.82, 2.24) is 10.2 Å². The first-order chi connectivity index (χ1) is 14.0. The Labute approximate surface area is 177 Å². The molecule has 29 heavy (non-hydrogen) atoms. The molecule has 6 heteroatoms. The van der Waals surface area contributed by atoms with Crippen molar-refractivity contribution in [3.63, 3.8) is 0 Å². The first-order valence-electron chi connectivity index (χ1n) is 10.00. The van der Waals surface area contributed by atoms with Gasteiger partial charge < -0.3 is 15.0 Å². The second-order valence-corrected chi connectivity index (χ2v) is 7.80. The van der Waals surface area contributed by atoms with E-state index < -0.39 is 6.04 Å². The number of nitrogens with one attached hydrogen (secondary N) is 1. The summed E-state index contributed by atoms with van der Waals surface area (Å²) < 4.78 is 5.57. The van der Waals surface area contributed by atoms with E-state index in [4.69, 9.17) is 16.3 Å². The molecule has 0 spiro atoms. The Morgan fingerprint density at radius 1 is 1.14 bits per heavy atom. The van der Waals surface area contributed by atoms with E-state index in [1.54, 1.807) is 24.0 Å². The van der Waals surface area contributed by atoms with Crippen molar-refractivity contribution in [2.24, 2.45) is 0 Å². The Morgan fingerprint density at radius 2 is 1.86 bits per heavy atom. The Bertz CT molecular complexity index is 805. The van der Waals surface area contributed by atoms with Gasteiger partial charge in [0, 0.05) is 24.7 Å². The molecule has 2 atom stereocenters. The number of ether oxygens (including phenoxy) is 1. The smallest absolute Gasteiger partial charge is 0.242 e. The fraction of sp³-hybridized carbons (Fsp3) is 0.391. The minimum absolute atomic E-state index is 0.0656. The van der Waals surface area contributed by atoms with E-state index in [0.717, 1.165) is 30.6 Å². The molecule has 1 N–H and O–H groups in total. The lowest BCUT2D eigenvalue weighted by molar-refractivity contribution is -0.140. The van der Waals surface area contributed by atoms with Crippen molar-refractivity contribution in [3.05, 3.63) is 70.7 Å². The maximum Gasteiger partial charge on any atom is 0.242 e. The van der Waals surface area contributed by atoms with E-state index in [2.05, 4.69) is 5.32 Å². The highest BCUT2D eigenvalue weighted by atomic mass is 35.5. The van der Waals surface area contributed by atoms with Crippen LogP contribution in [0.3, 0.4) is 0 Å². The first kappa shape index (κ1) is 21.3. The third-order valence-electron chi connectivity index (χ3n) is 5.16. The summed E-state index contributed by atoms with van der Waals surface area (Å²) in [4.78, 5) is 27.5. The molecule has 0 aromatic heterocycles. The van der Waals surface area contributed by atoms with Crippen molar-refractivity contribution < 1.29 is 14.3 Å². The predicted octanol–water partition coefficient (Wildman–Crippen LogP) is 3.60. The second-order valence-electron chi connectivity index (χ2n) is 7.37. The number of rotatable bonds is 8. The number of hydrogen-bond acceptors (Lipinski definition) is 3. The average molecular weight is 415 g/mol. The standard InChI is InChI=1S/C23H27ClN2O3/c1-17(23(28)25-15-21-8-5-13-29-21)26(16-19-9-11-20(24)12-10-19)22(27)14-18-6-3-2-4-7-18/h2-4,6-7,9-12,17,21H,5,8,13-16H2,1H3,(H,25,28). The Morgan fingerprint density at radius 3 is 2.52 bits per heavy atom. The molecule has 154 valence electrons. The van der Waals surface area contributed by atoms with Crippen LogP contribution in [0.4, 0.5) is 0 Å². The number of hydrogen-bond donors (Lipinski definition) is 1. The summed E-state index contributed by atoms with van der Waals surface area (Å²) in [5.41, 5.74) is 1.85. The summed E-state index contributed by atoms with van der Waals surface area (Å²) in [6.07, 6.45) is 2.29. The van der Waals surface area contributed by atoms with E-state index in [1.807, 2.05) is 42.5 Å². The van der Waals surface area contributed by atoms with Crippen LogP contribution in [0.15, 0.2) is 54.6 Å². The van der Waals surface area contributed by atoms with Crippen molar-refractivity contribution in [2.45, 2.75) is 44.9 Å². The average Bonchev–Trinajstić information content (AvgIpc) is 3.25. The molecule has 2 aromatic rings. The lowest BCUT2D eigenvalue weighted by Crippen LogP contribution is -2.49. The van der Waals surface area contributed by atoms with E-state index in [9.17, 15) is 9.59 Å². The normalized spacial score (nSPS) is 17.0. The van der Waals surface area contributed by atoms with Crippen molar-refractivity contribution in [1.29, 1.82) is 0 Å². The first-order valence-corrected chi connectivity index (χ1v) is 10.4. The Kier molecular flexibility index (Phi) is 7.67. The second kappa shape index (κ2) is 10.4. The van der Waals surface area contributed by atoms with Crippen LogP contribution < -0.4 is 5.32 Å². The minimum atomic E-state index is -0.594. The van der Waals surface area contributed by atoms with Gasteiger partial charge in [0.05, 0.1) is 12.5 Å². The third kappa shape index (κ3) is 6.31. The van der Waals surface area contributed by atoms with Gasteiger partial charge in [0.1, 0.15) is 6.04 Å². The molecule has 2 unspecified atom stereocenters. The molecule has 0 bridgehead atoms. The molecule has 3 rings (SSSR count). The van der Waals surface area contributed by atoms with Crippen LogP contribution in [-0.2, 0) is 27.3 Å². The van der Waals surface area contributed by atoms with Crippen LogP contribution in [0.25, 0.3) is 0 Å². The maximum absolute atomic E-state index is 13.1. The van der Waals surface area contributed by atoms with Gasteiger partial charge >= 0.3 is 0 Å². The van der Waals surface area contributed by atoms with Crippen LogP contribution >= 0.6 is 11.6 Å². The number of halogens is 1. The summed E-state index contributed by atoms with van der Waals surface area (Å²) in [5, 5.41) is 3.58. The molecular formula is C23H27ClN2O3. The van der Waals surface area contributed by atoms with E-state index in [1.165, 1.54) is 0 Å². The Balaban J connectivity index is 1.70. The number of amides is 2. The van der Waals surface area contributed by atoms with Gasteiger partial charge in [-0.3, -0.25) is 9.59 Å². The van der Waals surface area contributed by atoms with Crippen molar-refractivity contribution in [3.8, 4) is 0 Å². The highest BCUT2D eigenvalue weighted by molar-refractivity contribution is 6.30. The largest absolute Gasteiger partial charge is 0.376 e. The predicted molar refractivity (Wildman–Crippen MR) is 114 cm³/mol. The zero-order valence-electron chi connectivity index (χ0n) is 16.6. The van der Waals surface area contributed by atoms with Gasteiger partial charge in [0.15, 0.2) is 0 Å².